The number of sulfonamides is 1. The molecule has 0 N–H and O–H groups in total. The van der Waals surface area contributed by atoms with Crippen LogP contribution in [0.2, 0.25) is 0 Å². The van der Waals surface area contributed by atoms with Gasteiger partial charge in [0.25, 0.3) is 5.91 Å². The Hall–Kier alpha value is -2.18. The van der Waals surface area contributed by atoms with Crippen LogP contribution in [0.25, 0.3) is 0 Å². The van der Waals surface area contributed by atoms with Gasteiger partial charge in [0.05, 0.1) is 4.90 Å². The van der Waals surface area contributed by atoms with Crippen LogP contribution in [-0.2, 0) is 16.4 Å². The van der Waals surface area contributed by atoms with Gasteiger partial charge >= 0.3 is 0 Å². The number of aryl methyl sites for hydroxylation is 2. The van der Waals surface area contributed by atoms with E-state index in [9.17, 15) is 13.2 Å². The van der Waals surface area contributed by atoms with E-state index in [0.717, 1.165) is 31.4 Å². The van der Waals surface area contributed by atoms with E-state index in [1.54, 1.807) is 23.1 Å². The van der Waals surface area contributed by atoms with E-state index in [1.807, 2.05) is 19.1 Å². The van der Waals surface area contributed by atoms with E-state index in [1.165, 1.54) is 21.5 Å². The first-order valence-electron chi connectivity index (χ1n) is 9.48. The maximum Gasteiger partial charge on any atom is 0.258 e. The summed E-state index contributed by atoms with van der Waals surface area (Å²) in [6.07, 6.45) is 3.65. The molecule has 142 valence electrons. The van der Waals surface area contributed by atoms with Crippen LogP contribution in [0, 0.1) is 6.92 Å². The molecule has 4 rings (SSSR count). The molecule has 1 amide bonds. The average Bonchev–Trinajstić information content (AvgIpc) is 3.22. The first-order valence-corrected chi connectivity index (χ1v) is 10.9. The van der Waals surface area contributed by atoms with Gasteiger partial charge in [0.15, 0.2) is 0 Å². The van der Waals surface area contributed by atoms with Gasteiger partial charge < -0.3 is 4.90 Å². The predicted octanol–water partition coefficient (Wildman–Crippen LogP) is 3.37. The monoisotopic (exact) mass is 384 g/mol. The molecule has 0 atom stereocenters. The summed E-state index contributed by atoms with van der Waals surface area (Å²) in [5, 5.41) is 0. The molecule has 27 heavy (non-hydrogen) atoms. The SMILES string of the molecule is Cc1ccc2c(c1)CCCN2C(=O)c1cccc(S(=O)(=O)N2CCCC2)c1. The van der Waals surface area contributed by atoms with Gasteiger partial charge in [-0.2, -0.15) is 4.31 Å². The molecule has 0 bridgehead atoms. The van der Waals surface area contributed by atoms with Gasteiger partial charge in [0, 0.05) is 30.9 Å². The van der Waals surface area contributed by atoms with E-state index in [0.29, 0.717) is 25.2 Å². The van der Waals surface area contributed by atoms with Crippen molar-refractivity contribution in [3.05, 3.63) is 59.2 Å². The fourth-order valence-electron chi connectivity index (χ4n) is 3.96. The molecule has 6 heteroatoms. The second kappa shape index (κ2) is 7.09. The molecule has 2 heterocycles. The number of nitrogens with zero attached hydrogens (tertiary/aromatic N) is 2. The van der Waals surface area contributed by atoms with Crippen molar-refractivity contribution >= 4 is 21.6 Å². The predicted molar refractivity (Wildman–Crippen MR) is 106 cm³/mol. The minimum atomic E-state index is -3.53. The molecule has 0 saturated carbocycles. The third kappa shape index (κ3) is 3.39. The number of carbonyl (C=O) groups is 1. The number of fused-ring (bicyclic) bond motifs is 1. The number of rotatable bonds is 3. The molecular formula is C21H24N2O3S. The van der Waals surface area contributed by atoms with Crippen LogP contribution in [0.4, 0.5) is 5.69 Å². The maximum atomic E-state index is 13.2. The third-order valence-corrected chi connectivity index (χ3v) is 7.28. The Kier molecular flexibility index (Phi) is 4.78. The average molecular weight is 385 g/mol. The highest BCUT2D eigenvalue weighted by atomic mass is 32.2. The normalized spacial score (nSPS) is 17.7. The van der Waals surface area contributed by atoms with Crippen LogP contribution >= 0.6 is 0 Å². The van der Waals surface area contributed by atoms with Crippen molar-refractivity contribution in [3.63, 3.8) is 0 Å². The molecule has 0 unspecified atom stereocenters. The van der Waals surface area contributed by atoms with Crippen LogP contribution in [0.3, 0.4) is 0 Å². The summed E-state index contributed by atoms with van der Waals surface area (Å²) in [6, 6.07) is 12.6. The molecule has 5 nitrogen and oxygen atoms in total. The molecule has 0 aromatic heterocycles. The largest absolute Gasteiger partial charge is 0.308 e. The molecule has 1 fully saturated rings. The number of carbonyl (C=O) groups excluding carboxylic acids is 1. The lowest BCUT2D eigenvalue weighted by Crippen LogP contribution is -2.35. The van der Waals surface area contributed by atoms with E-state index >= 15 is 0 Å². The number of hydrogen-bond acceptors (Lipinski definition) is 3. The summed E-state index contributed by atoms with van der Waals surface area (Å²) in [5.41, 5.74) is 3.71. The summed E-state index contributed by atoms with van der Waals surface area (Å²) in [4.78, 5) is 15.1. The van der Waals surface area contributed by atoms with Crippen molar-refractivity contribution < 1.29 is 13.2 Å². The highest BCUT2D eigenvalue weighted by Gasteiger charge is 2.29. The maximum absolute atomic E-state index is 13.2. The van der Waals surface area contributed by atoms with E-state index < -0.39 is 10.0 Å². The zero-order valence-corrected chi connectivity index (χ0v) is 16.3. The summed E-state index contributed by atoms with van der Waals surface area (Å²) < 4.78 is 27.2. The third-order valence-electron chi connectivity index (χ3n) is 5.38. The quantitative estimate of drug-likeness (QED) is 0.815. The zero-order valence-electron chi connectivity index (χ0n) is 15.5. The van der Waals surface area contributed by atoms with Crippen molar-refractivity contribution in [1.82, 2.24) is 4.31 Å². The van der Waals surface area contributed by atoms with Crippen molar-refractivity contribution in [2.24, 2.45) is 0 Å². The lowest BCUT2D eigenvalue weighted by atomic mass is 9.99. The molecule has 2 aliphatic heterocycles. The van der Waals surface area contributed by atoms with Gasteiger partial charge in [-0.1, -0.05) is 23.8 Å². The molecule has 0 spiro atoms. The van der Waals surface area contributed by atoms with Crippen LogP contribution < -0.4 is 4.90 Å². The van der Waals surface area contributed by atoms with Gasteiger partial charge in [0.2, 0.25) is 10.0 Å². The first-order chi connectivity index (χ1) is 13.0. The number of anilines is 1. The molecule has 0 aliphatic carbocycles. The second-order valence-corrected chi connectivity index (χ2v) is 9.27. The summed E-state index contributed by atoms with van der Waals surface area (Å²) >= 11 is 0. The first kappa shape index (κ1) is 18.2. The van der Waals surface area contributed by atoms with Crippen LogP contribution in [-0.4, -0.2) is 38.3 Å². The highest BCUT2D eigenvalue weighted by Crippen LogP contribution is 2.30. The Morgan fingerprint density at radius 3 is 2.52 bits per heavy atom. The van der Waals surface area contributed by atoms with Crippen molar-refractivity contribution in [1.29, 1.82) is 0 Å². The smallest absolute Gasteiger partial charge is 0.258 e. The van der Waals surface area contributed by atoms with Gasteiger partial charge in [0.1, 0.15) is 0 Å². The minimum Gasteiger partial charge on any atom is -0.308 e. The van der Waals surface area contributed by atoms with E-state index in [-0.39, 0.29) is 10.8 Å². The Morgan fingerprint density at radius 2 is 1.74 bits per heavy atom. The lowest BCUT2D eigenvalue weighted by molar-refractivity contribution is 0.0985. The summed E-state index contributed by atoms with van der Waals surface area (Å²) in [5.74, 6) is -0.140. The number of benzene rings is 2. The Balaban J connectivity index is 1.66. The number of hydrogen-bond donors (Lipinski definition) is 0. The van der Waals surface area contributed by atoms with Crippen LogP contribution in [0.1, 0.15) is 40.7 Å². The van der Waals surface area contributed by atoms with Gasteiger partial charge in [-0.15, -0.1) is 0 Å². The summed E-state index contributed by atoms with van der Waals surface area (Å²) in [7, 11) is -3.53. The lowest BCUT2D eigenvalue weighted by Gasteiger charge is -2.30. The topological polar surface area (TPSA) is 57.7 Å². The Bertz CT molecular complexity index is 979. The minimum absolute atomic E-state index is 0.140. The highest BCUT2D eigenvalue weighted by molar-refractivity contribution is 7.89. The second-order valence-electron chi connectivity index (χ2n) is 7.33. The fourth-order valence-corrected chi connectivity index (χ4v) is 5.52. The van der Waals surface area contributed by atoms with Crippen molar-refractivity contribution in [3.8, 4) is 0 Å². The molecule has 2 aromatic carbocycles. The molecule has 2 aliphatic rings. The van der Waals surface area contributed by atoms with Gasteiger partial charge in [-0.05, 0) is 62.4 Å². The van der Waals surface area contributed by atoms with E-state index in [2.05, 4.69) is 6.07 Å². The van der Waals surface area contributed by atoms with Crippen molar-refractivity contribution in [2.75, 3.05) is 24.5 Å². The fraction of sp³-hybridized carbons (Fsp3) is 0.381. The van der Waals surface area contributed by atoms with Crippen LogP contribution in [0.5, 0.6) is 0 Å². The van der Waals surface area contributed by atoms with Gasteiger partial charge in [-0.25, -0.2) is 8.42 Å². The summed E-state index contributed by atoms with van der Waals surface area (Å²) in [6.45, 7) is 3.81. The van der Waals surface area contributed by atoms with E-state index in [4.69, 9.17) is 0 Å². The Morgan fingerprint density at radius 1 is 0.963 bits per heavy atom. The molecule has 2 aromatic rings. The molecule has 1 saturated heterocycles. The molecule has 0 radical (unpaired) electrons. The zero-order chi connectivity index (χ0) is 19.0. The van der Waals surface area contributed by atoms with Gasteiger partial charge in [-0.3, -0.25) is 4.79 Å². The van der Waals surface area contributed by atoms with Crippen LogP contribution in [0.15, 0.2) is 47.4 Å². The number of amides is 1. The van der Waals surface area contributed by atoms with Crippen molar-refractivity contribution in [2.45, 2.75) is 37.5 Å². The standard InChI is InChI=1S/C21H24N2O3S/c1-16-9-10-20-17(14-16)7-5-13-23(20)21(24)18-6-4-8-19(15-18)27(25,26)22-11-2-3-12-22/h4,6,8-10,14-15H,2-3,5,7,11-13H2,1H3. The molecular weight excluding hydrogens is 360 g/mol. The Labute approximate surface area is 160 Å².